The number of ether oxygens (including phenoxy) is 1. The molecule has 0 saturated carbocycles. The van der Waals surface area contributed by atoms with E-state index in [2.05, 4.69) is 42.2 Å². The van der Waals surface area contributed by atoms with E-state index in [-0.39, 0.29) is 0 Å². The number of pyridine rings is 1. The molecule has 0 bridgehead atoms. The highest BCUT2D eigenvalue weighted by Crippen LogP contribution is 2.15. The van der Waals surface area contributed by atoms with Crippen LogP contribution in [0.4, 0.5) is 0 Å². The van der Waals surface area contributed by atoms with Gasteiger partial charge in [-0.3, -0.25) is 4.98 Å². The molecule has 0 unspecified atom stereocenters. The molecule has 2 rings (SSSR count). The van der Waals surface area contributed by atoms with Gasteiger partial charge in [-0.2, -0.15) is 0 Å². The van der Waals surface area contributed by atoms with Gasteiger partial charge in [0.05, 0.1) is 5.52 Å². The Morgan fingerprint density at radius 2 is 1.42 bits per heavy atom. The van der Waals surface area contributed by atoms with E-state index in [1.807, 2.05) is 6.20 Å². The molecule has 0 aliphatic rings. The number of benzene rings is 1. The highest BCUT2D eigenvalue weighted by Gasteiger charge is 1.98. The third-order valence-electron chi connectivity index (χ3n) is 5.04. The van der Waals surface area contributed by atoms with Crippen LogP contribution >= 0.6 is 0 Å². The third-order valence-corrected chi connectivity index (χ3v) is 5.04. The number of nitrogens with zero attached hydrogens (tertiary/aromatic N) is 1. The Balaban J connectivity index is 1.40. The Kier molecular flexibility index (Phi) is 11.1. The summed E-state index contributed by atoms with van der Waals surface area (Å²) < 4.78 is 5.70. The first-order valence-electron chi connectivity index (χ1n) is 10.8. The number of rotatable bonds is 15. The van der Waals surface area contributed by atoms with Crippen molar-refractivity contribution in [2.75, 3.05) is 13.2 Å². The van der Waals surface area contributed by atoms with Crippen LogP contribution < -0.4 is 0 Å². The predicted molar refractivity (Wildman–Crippen MR) is 113 cm³/mol. The summed E-state index contributed by atoms with van der Waals surface area (Å²) in [4.78, 5) is 4.55. The minimum atomic E-state index is 0.959. The molecule has 0 atom stereocenters. The lowest BCUT2D eigenvalue weighted by atomic mass is 10.0. The van der Waals surface area contributed by atoms with Crippen molar-refractivity contribution in [3.63, 3.8) is 0 Å². The molecule has 2 nitrogen and oxygen atoms in total. The van der Waals surface area contributed by atoms with E-state index in [1.54, 1.807) is 0 Å². The Morgan fingerprint density at radius 1 is 0.769 bits per heavy atom. The van der Waals surface area contributed by atoms with Crippen LogP contribution in [0.3, 0.4) is 0 Å². The molecule has 0 saturated heterocycles. The first-order chi connectivity index (χ1) is 12.9. The Morgan fingerprint density at radius 3 is 2.19 bits per heavy atom. The summed E-state index contributed by atoms with van der Waals surface area (Å²) in [5.74, 6) is 0. The van der Waals surface area contributed by atoms with Gasteiger partial charge in [-0.15, -0.1) is 0 Å². The molecule has 2 heteroatoms. The minimum absolute atomic E-state index is 0.959. The van der Waals surface area contributed by atoms with E-state index in [0.717, 1.165) is 25.2 Å². The van der Waals surface area contributed by atoms with Crippen LogP contribution in [0.2, 0.25) is 0 Å². The first-order valence-corrected chi connectivity index (χ1v) is 10.8. The van der Waals surface area contributed by atoms with Gasteiger partial charge in [-0.1, -0.05) is 76.5 Å². The van der Waals surface area contributed by atoms with Gasteiger partial charge in [-0.05, 0) is 43.4 Å². The largest absolute Gasteiger partial charge is 0.381 e. The molecule has 0 aliphatic carbocycles. The number of aromatic nitrogens is 1. The topological polar surface area (TPSA) is 22.1 Å². The van der Waals surface area contributed by atoms with Gasteiger partial charge >= 0.3 is 0 Å². The average Bonchev–Trinajstić information content (AvgIpc) is 2.68. The van der Waals surface area contributed by atoms with Gasteiger partial charge in [0, 0.05) is 24.8 Å². The summed E-state index contributed by atoms with van der Waals surface area (Å²) in [6.45, 7) is 4.17. The summed E-state index contributed by atoms with van der Waals surface area (Å²) >= 11 is 0. The van der Waals surface area contributed by atoms with Crippen LogP contribution in [0.25, 0.3) is 10.9 Å². The van der Waals surface area contributed by atoms with Crippen molar-refractivity contribution in [1.82, 2.24) is 4.98 Å². The molecule has 1 aromatic carbocycles. The van der Waals surface area contributed by atoms with Gasteiger partial charge in [0.2, 0.25) is 0 Å². The van der Waals surface area contributed by atoms with Gasteiger partial charge in [0.25, 0.3) is 0 Å². The van der Waals surface area contributed by atoms with Gasteiger partial charge < -0.3 is 4.74 Å². The smallest absolute Gasteiger partial charge is 0.0702 e. The van der Waals surface area contributed by atoms with Gasteiger partial charge in [-0.25, -0.2) is 0 Å². The molecule has 0 fully saturated rings. The Hall–Kier alpha value is -1.41. The molecule has 0 radical (unpaired) electrons. The first kappa shape index (κ1) is 20.9. The maximum absolute atomic E-state index is 5.70. The zero-order valence-electron chi connectivity index (χ0n) is 16.7. The number of aryl methyl sites for hydroxylation is 1. The lowest BCUT2D eigenvalue weighted by Gasteiger charge is -2.05. The maximum Gasteiger partial charge on any atom is 0.0702 e. The second-order valence-electron chi connectivity index (χ2n) is 7.43. The fourth-order valence-corrected chi connectivity index (χ4v) is 3.40. The van der Waals surface area contributed by atoms with Crippen LogP contribution in [0.5, 0.6) is 0 Å². The summed E-state index contributed by atoms with van der Waals surface area (Å²) in [7, 11) is 0. The molecular weight excluding hydrogens is 318 g/mol. The van der Waals surface area contributed by atoms with Crippen molar-refractivity contribution in [2.45, 2.75) is 84.0 Å². The molecule has 0 spiro atoms. The summed E-state index contributed by atoms with van der Waals surface area (Å²) in [5, 5.41) is 1.26. The zero-order valence-corrected chi connectivity index (χ0v) is 16.7. The standard InChI is InChI=1S/C24H37NO/c1-2-3-4-13-18-26-19-14-9-7-5-6-8-10-15-22-20-23-16-11-12-17-24(23)25-21-22/h11-12,16-17,20-21H,2-10,13-15,18-19H2,1H3. The monoisotopic (exact) mass is 355 g/mol. The van der Waals surface area contributed by atoms with E-state index in [0.29, 0.717) is 0 Å². The van der Waals surface area contributed by atoms with Crippen molar-refractivity contribution in [3.8, 4) is 0 Å². The molecule has 26 heavy (non-hydrogen) atoms. The molecule has 1 aromatic heterocycles. The van der Waals surface area contributed by atoms with Crippen LogP contribution in [-0.4, -0.2) is 18.2 Å². The molecule has 0 aliphatic heterocycles. The fraction of sp³-hybridized carbons (Fsp3) is 0.625. The van der Waals surface area contributed by atoms with Crippen LogP contribution in [0.15, 0.2) is 36.5 Å². The van der Waals surface area contributed by atoms with E-state index in [1.165, 1.54) is 81.6 Å². The third kappa shape index (κ3) is 8.80. The summed E-state index contributed by atoms with van der Waals surface area (Å²) in [5.41, 5.74) is 2.47. The van der Waals surface area contributed by atoms with Crippen molar-refractivity contribution in [2.24, 2.45) is 0 Å². The molecule has 1 heterocycles. The van der Waals surface area contributed by atoms with E-state index >= 15 is 0 Å². The summed E-state index contributed by atoms with van der Waals surface area (Å²) in [6.07, 6.45) is 17.7. The zero-order chi connectivity index (χ0) is 18.3. The van der Waals surface area contributed by atoms with Gasteiger partial charge in [0.15, 0.2) is 0 Å². The summed E-state index contributed by atoms with van der Waals surface area (Å²) in [6, 6.07) is 10.7. The molecule has 2 aromatic rings. The Bertz CT molecular complexity index is 596. The lowest BCUT2D eigenvalue weighted by Crippen LogP contribution is -1.97. The van der Waals surface area contributed by atoms with E-state index < -0.39 is 0 Å². The maximum atomic E-state index is 5.70. The number of hydrogen-bond acceptors (Lipinski definition) is 2. The highest BCUT2D eigenvalue weighted by atomic mass is 16.5. The van der Waals surface area contributed by atoms with E-state index in [9.17, 15) is 0 Å². The normalized spacial score (nSPS) is 11.3. The molecular formula is C24H37NO. The SMILES string of the molecule is CCCCCCOCCCCCCCCCc1cnc2ccccc2c1. The van der Waals surface area contributed by atoms with Crippen LogP contribution in [0.1, 0.15) is 83.1 Å². The van der Waals surface area contributed by atoms with Crippen molar-refractivity contribution >= 4 is 10.9 Å². The number of unbranched alkanes of at least 4 members (excludes halogenated alkanes) is 9. The predicted octanol–water partition coefficient (Wildman–Crippen LogP) is 7.10. The second kappa shape index (κ2) is 13.7. The number of fused-ring (bicyclic) bond motifs is 1. The fourth-order valence-electron chi connectivity index (χ4n) is 3.40. The second-order valence-corrected chi connectivity index (χ2v) is 7.43. The highest BCUT2D eigenvalue weighted by molar-refractivity contribution is 5.78. The molecule has 0 N–H and O–H groups in total. The number of hydrogen-bond donors (Lipinski definition) is 0. The molecule has 144 valence electrons. The van der Waals surface area contributed by atoms with Gasteiger partial charge in [0.1, 0.15) is 0 Å². The molecule has 0 amide bonds. The lowest BCUT2D eigenvalue weighted by molar-refractivity contribution is 0.125. The minimum Gasteiger partial charge on any atom is -0.381 e. The quantitative estimate of drug-likeness (QED) is 0.318. The number of para-hydroxylation sites is 1. The van der Waals surface area contributed by atoms with Crippen LogP contribution in [0, 0.1) is 0 Å². The van der Waals surface area contributed by atoms with Crippen LogP contribution in [-0.2, 0) is 11.2 Å². The van der Waals surface area contributed by atoms with E-state index in [4.69, 9.17) is 4.74 Å². The van der Waals surface area contributed by atoms with Crippen molar-refractivity contribution in [1.29, 1.82) is 0 Å². The van der Waals surface area contributed by atoms with Crippen molar-refractivity contribution < 1.29 is 4.74 Å². The Labute approximate surface area is 160 Å². The average molecular weight is 356 g/mol. The van der Waals surface area contributed by atoms with Crippen molar-refractivity contribution in [3.05, 3.63) is 42.1 Å².